The van der Waals surface area contributed by atoms with E-state index in [0.29, 0.717) is 17.8 Å². The van der Waals surface area contributed by atoms with E-state index in [1.807, 2.05) is 6.92 Å². The number of carboxylic acid groups (broad SMARTS) is 1. The number of nitrogens with zero attached hydrogens (tertiary/aromatic N) is 5. The van der Waals surface area contributed by atoms with E-state index >= 15 is 0 Å². The van der Waals surface area contributed by atoms with Crippen LogP contribution in [-0.4, -0.2) is 35.8 Å². The highest BCUT2D eigenvalue weighted by Crippen LogP contribution is 2.33. The highest BCUT2D eigenvalue weighted by Gasteiger charge is 2.35. The molecule has 0 radical (unpaired) electrons. The molecule has 0 saturated heterocycles. The fraction of sp³-hybridized carbons (Fsp3) is 0.250. The Morgan fingerprint density at radius 3 is 2.88 bits per heavy atom. The van der Waals surface area contributed by atoms with E-state index < -0.39 is 17.6 Å². The molecule has 10 heteroatoms. The van der Waals surface area contributed by atoms with Crippen molar-refractivity contribution in [3.8, 4) is 11.5 Å². The molecule has 4 heterocycles. The Hall–Kier alpha value is -3.56. The van der Waals surface area contributed by atoms with E-state index in [2.05, 4.69) is 25.4 Å². The normalized spacial score (nSPS) is 18.5. The van der Waals surface area contributed by atoms with Gasteiger partial charge in [-0.25, -0.2) is 9.78 Å². The Morgan fingerprint density at radius 2 is 2.15 bits per heavy atom. The van der Waals surface area contributed by atoms with Gasteiger partial charge in [0.05, 0.1) is 6.20 Å². The maximum absolute atomic E-state index is 12.7. The Kier molecular flexibility index (Phi) is 3.72. The number of rotatable bonds is 4. The molecule has 0 unspecified atom stereocenters. The van der Waals surface area contributed by atoms with Gasteiger partial charge in [0, 0.05) is 23.9 Å². The third-order valence-electron chi connectivity index (χ3n) is 4.24. The van der Waals surface area contributed by atoms with E-state index in [1.54, 1.807) is 24.5 Å². The fourth-order valence-corrected chi connectivity index (χ4v) is 3.00. The van der Waals surface area contributed by atoms with Crippen molar-refractivity contribution in [2.75, 3.05) is 5.32 Å². The van der Waals surface area contributed by atoms with Gasteiger partial charge in [0.15, 0.2) is 0 Å². The molecule has 3 aromatic heterocycles. The maximum Gasteiger partial charge on any atom is 0.326 e. The van der Waals surface area contributed by atoms with E-state index in [-0.39, 0.29) is 23.4 Å². The molecule has 0 saturated carbocycles. The second-order valence-corrected chi connectivity index (χ2v) is 5.98. The topological polar surface area (TPSA) is 136 Å². The first-order valence-electron chi connectivity index (χ1n) is 7.90. The molecule has 0 fully saturated rings. The molecule has 2 atom stereocenters. The predicted octanol–water partition coefficient (Wildman–Crippen LogP) is 1.56. The summed E-state index contributed by atoms with van der Waals surface area (Å²) in [7, 11) is 0. The fourth-order valence-electron chi connectivity index (χ4n) is 3.00. The number of aliphatic carboxylic acids is 1. The summed E-state index contributed by atoms with van der Waals surface area (Å²) in [6.45, 7) is 1.84. The molecule has 1 aliphatic rings. The lowest BCUT2D eigenvalue weighted by molar-refractivity contribution is -0.140. The van der Waals surface area contributed by atoms with Crippen LogP contribution in [-0.2, 0) is 4.79 Å². The van der Waals surface area contributed by atoms with Gasteiger partial charge in [-0.15, -0.1) is 0 Å². The first kappa shape index (κ1) is 15.9. The van der Waals surface area contributed by atoms with Crippen molar-refractivity contribution in [3.63, 3.8) is 0 Å². The largest absolute Gasteiger partial charge is 0.480 e. The maximum atomic E-state index is 12.7. The van der Waals surface area contributed by atoms with E-state index in [9.17, 15) is 14.7 Å². The number of nitrogens with one attached hydrogen (secondary N) is 1. The van der Waals surface area contributed by atoms with Crippen LogP contribution in [0.2, 0.25) is 0 Å². The second-order valence-electron chi connectivity index (χ2n) is 5.98. The van der Waals surface area contributed by atoms with Gasteiger partial charge in [0.25, 0.3) is 17.4 Å². The Morgan fingerprint density at radius 1 is 1.38 bits per heavy atom. The zero-order chi connectivity index (χ0) is 18.3. The average molecular weight is 354 g/mol. The molecule has 1 aliphatic heterocycles. The average Bonchev–Trinajstić information content (AvgIpc) is 3.23. The molecule has 26 heavy (non-hydrogen) atoms. The lowest BCUT2D eigenvalue weighted by atomic mass is 10.1. The number of hydrogen-bond donors (Lipinski definition) is 2. The van der Waals surface area contributed by atoms with Gasteiger partial charge in [-0.05, 0) is 23.7 Å². The summed E-state index contributed by atoms with van der Waals surface area (Å²) < 4.78 is 6.36. The molecule has 0 amide bonds. The summed E-state index contributed by atoms with van der Waals surface area (Å²) in [4.78, 5) is 36.5. The number of pyridine rings is 1. The van der Waals surface area contributed by atoms with Gasteiger partial charge >= 0.3 is 5.97 Å². The predicted molar refractivity (Wildman–Crippen MR) is 89.0 cm³/mol. The van der Waals surface area contributed by atoms with Crippen LogP contribution in [0.5, 0.6) is 0 Å². The van der Waals surface area contributed by atoms with Crippen molar-refractivity contribution in [1.82, 2.24) is 24.7 Å². The van der Waals surface area contributed by atoms with Gasteiger partial charge in [0.1, 0.15) is 17.6 Å². The lowest BCUT2D eigenvalue weighted by Crippen LogP contribution is -2.29. The van der Waals surface area contributed by atoms with Crippen molar-refractivity contribution in [2.24, 2.45) is 0 Å². The number of carboxylic acids is 1. The molecule has 4 rings (SSSR count). The van der Waals surface area contributed by atoms with Crippen molar-refractivity contribution in [3.05, 3.63) is 46.9 Å². The summed E-state index contributed by atoms with van der Waals surface area (Å²) in [5.74, 6) is -0.369. The molecular formula is C16H14N6O4. The molecular weight excluding hydrogens is 340 g/mol. The summed E-state index contributed by atoms with van der Waals surface area (Å²) in [5, 5.41) is 15.9. The monoisotopic (exact) mass is 354 g/mol. The van der Waals surface area contributed by atoms with Crippen LogP contribution in [0.1, 0.15) is 31.1 Å². The highest BCUT2D eigenvalue weighted by atomic mass is 16.5. The van der Waals surface area contributed by atoms with Gasteiger partial charge < -0.3 is 14.9 Å². The Balaban J connectivity index is 1.66. The van der Waals surface area contributed by atoms with Crippen LogP contribution in [0, 0.1) is 0 Å². The van der Waals surface area contributed by atoms with Crippen molar-refractivity contribution < 1.29 is 14.4 Å². The summed E-state index contributed by atoms with van der Waals surface area (Å²) >= 11 is 0. The van der Waals surface area contributed by atoms with Crippen molar-refractivity contribution in [2.45, 2.75) is 25.3 Å². The number of aromatic nitrogens is 5. The molecule has 2 N–H and O–H groups in total. The first-order chi connectivity index (χ1) is 12.5. The number of carbonyl (C=O) groups is 1. The quantitative estimate of drug-likeness (QED) is 0.715. The van der Waals surface area contributed by atoms with E-state index in [0.717, 1.165) is 0 Å². The lowest BCUT2D eigenvalue weighted by Gasteiger charge is -2.10. The standard InChI is InChI=1S/C16H14N6O4/c1-8-6-11(15(24)25)22-12(8)18-7-10(14(22)23)19-16-20-13(26-21-16)9-2-4-17-5-3-9/h2-5,7-8,11H,6H2,1H3,(H,19,21)(H,24,25)/t8-,11+/m1/s1. The van der Waals surface area contributed by atoms with Crippen LogP contribution >= 0.6 is 0 Å². The number of anilines is 2. The Labute approximate surface area is 146 Å². The van der Waals surface area contributed by atoms with E-state index in [4.69, 9.17) is 4.52 Å². The molecule has 0 aromatic carbocycles. The zero-order valence-electron chi connectivity index (χ0n) is 13.7. The summed E-state index contributed by atoms with van der Waals surface area (Å²) in [6, 6.07) is 2.49. The molecule has 132 valence electrons. The smallest absolute Gasteiger partial charge is 0.326 e. The van der Waals surface area contributed by atoms with Gasteiger partial charge in [0.2, 0.25) is 0 Å². The summed E-state index contributed by atoms with van der Waals surface area (Å²) in [5.41, 5.74) is 0.280. The highest BCUT2D eigenvalue weighted by molar-refractivity contribution is 5.73. The molecule has 0 bridgehead atoms. The van der Waals surface area contributed by atoms with Crippen LogP contribution in [0.15, 0.2) is 40.0 Å². The van der Waals surface area contributed by atoms with Crippen molar-refractivity contribution in [1.29, 1.82) is 0 Å². The molecule has 0 spiro atoms. The third-order valence-corrected chi connectivity index (χ3v) is 4.24. The van der Waals surface area contributed by atoms with Crippen LogP contribution < -0.4 is 10.9 Å². The third kappa shape index (κ3) is 2.61. The SMILES string of the molecule is C[C@@H]1C[C@@H](C(=O)O)n2c1ncc(Nc1noc(-c3ccncc3)n1)c2=O. The zero-order valence-corrected chi connectivity index (χ0v) is 13.7. The van der Waals surface area contributed by atoms with Gasteiger partial charge in [-0.3, -0.25) is 14.3 Å². The van der Waals surface area contributed by atoms with E-state index in [1.165, 1.54) is 10.8 Å². The Bertz CT molecular complexity index is 1030. The first-order valence-corrected chi connectivity index (χ1v) is 7.90. The number of hydrogen-bond acceptors (Lipinski definition) is 8. The van der Waals surface area contributed by atoms with Crippen LogP contribution in [0.25, 0.3) is 11.5 Å². The molecule has 0 aliphatic carbocycles. The number of fused-ring (bicyclic) bond motifs is 1. The minimum absolute atomic E-state index is 0.0779. The van der Waals surface area contributed by atoms with Gasteiger partial charge in [-0.1, -0.05) is 6.92 Å². The molecule has 3 aromatic rings. The second kappa shape index (κ2) is 6.06. The van der Waals surface area contributed by atoms with Crippen molar-refractivity contribution >= 4 is 17.6 Å². The van der Waals surface area contributed by atoms with Crippen LogP contribution in [0.3, 0.4) is 0 Å². The minimum Gasteiger partial charge on any atom is -0.480 e. The van der Waals surface area contributed by atoms with Gasteiger partial charge in [-0.2, -0.15) is 4.98 Å². The van der Waals surface area contributed by atoms with Crippen LogP contribution in [0.4, 0.5) is 11.6 Å². The minimum atomic E-state index is -1.06. The molecule has 10 nitrogen and oxygen atoms in total. The summed E-state index contributed by atoms with van der Waals surface area (Å²) in [6.07, 6.45) is 4.88.